The summed E-state index contributed by atoms with van der Waals surface area (Å²) in [4.78, 5) is 4.97. The molecule has 2 N–H and O–H groups in total. The summed E-state index contributed by atoms with van der Waals surface area (Å²) in [5.41, 5.74) is 7.41. The molecule has 3 rings (SSSR count). The Labute approximate surface area is 125 Å². The van der Waals surface area contributed by atoms with Crippen LogP contribution in [0.25, 0.3) is 0 Å². The van der Waals surface area contributed by atoms with Crippen LogP contribution in [0.2, 0.25) is 5.02 Å². The molecule has 2 aliphatic rings. The molecule has 0 spiro atoms. The molecule has 20 heavy (non-hydrogen) atoms. The first-order valence-electron chi connectivity index (χ1n) is 7.26. The molecule has 2 aliphatic heterocycles. The highest BCUT2D eigenvalue weighted by Crippen LogP contribution is 2.16. The van der Waals surface area contributed by atoms with E-state index in [1.807, 2.05) is 12.1 Å². The number of hydrogen-bond acceptors (Lipinski definition) is 4. The van der Waals surface area contributed by atoms with Crippen molar-refractivity contribution in [2.45, 2.75) is 18.6 Å². The van der Waals surface area contributed by atoms with Gasteiger partial charge in [0.15, 0.2) is 0 Å². The molecule has 2 heterocycles. The SMILES string of the molecule is NC1COCC1N1CCN(Cc2ccc(Cl)cc2)CC1. The monoisotopic (exact) mass is 295 g/mol. The van der Waals surface area contributed by atoms with Gasteiger partial charge in [-0.15, -0.1) is 0 Å². The van der Waals surface area contributed by atoms with Gasteiger partial charge in [-0.1, -0.05) is 23.7 Å². The summed E-state index contributed by atoms with van der Waals surface area (Å²) in [7, 11) is 0. The molecular formula is C15H22ClN3O. The summed E-state index contributed by atoms with van der Waals surface area (Å²) < 4.78 is 5.46. The standard InChI is InChI=1S/C15H22ClN3O/c16-13-3-1-12(2-4-13)9-18-5-7-19(8-6-18)15-11-20-10-14(15)17/h1-4,14-15H,5-11,17H2. The number of nitrogens with two attached hydrogens (primary N) is 1. The highest BCUT2D eigenvalue weighted by molar-refractivity contribution is 6.30. The molecule has 4 nitrogen and oxygen atoms in total. The van der Waals surface area contributed by atoms with E-state index in [-0.39, 0.29) is 6.04 Å². The fourth-order valence-corrected chi connectivity index (χ4v) is 3.16. The van der Waals surface area contributed by atoms with Crippen molar-refractivity contribution >= 4 is 11.6 Å². The lowest BCUT2D eigenvalue weighted by Crippen LogP contribution is -2.55. The van der Waals surface area contributed by atoms with Gasteiger partial charge in [0.25, 0.3) is 0 Å². The van der Waals surface area contributed by atoms with Crippen LogP contribution in [0.5, 0.6) is 0 Å². The minimum Gasteiger partial charge on any atom is -0.378 e. The topological polar surface area (TPSA) is 41.7 Å². The predicted molar refractivity (Wildman–Crippen MR) is 80.9 cm³/mol. The summed E-state index contributed by atoms with van der Waals surface area (Å²) in [6.45, 7) is 6.83. The van der Waals surface area contributed by atoms with Crippen LogP contribution in [-0.2, 0) is 11.3 Å². The maximum atomic E-state index is 6.09. The van der Waals surface area contributed by atoms with Crippen LogP contribution in [0.4, 0.5) is 0 Å². The molecule has 0 amide bonds. The third-order valence-corrected chi connectivity index (χ3v) is 4.54. The van der Waals surface area contributed by atoms with Gasteiger partial charge in [0.05, 0.1) is 19.3 Å². The second kappa shape index (κ2) is 6.41. The molecule has 2 unspecified atom stereocenters. The Morgan fingerprint density at radius 1 is 1.10 bits per heavy atom. The van der Waals surface area contributed by atoms with Crippen LogP contribution >= 0.6 is 11.6 Å². The number of nitrogens with zero attached hydrogens (tertiary/aromatic N) is 2. The Balaban J connectivity index is 1.49. The number of rotatable bonds is 3. The normalized spacial score (nSPS) is 28.9. The van der Waals surface area contributed by atoms with Gasteiger partial charge in [0.2, 0.25) is 0 Å². The van der Waals surface area contributed by atoms with Gasteiger partial charge in [-0.3, -0.25) is 9.80 Å². The summed E-state index contributed by atoms with van der Waals surface area (Å²) in [6, 6.07) is 8.72. The lowest BCUT2D eigenvalue weighted by molar-refractivity contribution is 0.0790. The lowest BCUT2D eigenvalue weighted by Gasteiger charge is -2.38. The summed E-state index contributed by atoms with van der Waals surface area (Å²) >= 11 is 5.92. The van der Waals surface area contributed by atoms with E-state index >= 15 is 0 Å². The molecule has 110 valence electrons. The van der Waals surface area contributed by atoms with Crippen molar-refractivity contribution in [2.24, 2.45) is 5.73 Å². The third-order valence-electron chi connectivity index (χ3n) is 4.29. The Morgan fingerprint density at radius 3 is 2.40 bits per heavy atom. The lowest BCUT2D eigenvalue weighted by atomic mass is 10.1. The van der Waals surface area contributed by atoms with Gasteiger partial charge in [0.1, 0.15) is 0 Å². The summed E-state index contributed by atoms with van der Waals surface area (Å²) in [6.07, 6.45) is 0. The number of hydrogen-bond donors (Lipinski definition) is 1. The number of piperazine rings is 1. The van der Waals surface area contributed by atoms with Crippen molar-refractivity contribution in [1.82, 2.24) is 9.80 Å². The third kappa shape index (κ3) is 3.32. The second-order valence-corrected chi connectivity index (χ2v) is 6.14. The molecule has 2 saturated heterocycles. The highest BCUT2D eigenvalue weighted by Gasteiger charge is 2.32. The molecule has 0 radical (unpaired) electrons. The van der Waals surface area contributed by atoms with Crippen molar-refractivity contribution in [3.63, 3.8) is 0 Å². The Kier molecular flexibility index (Phi) is 4.58. The number of halogens is 1. The van der Waals surface area contributed by atoms with Crippen molar-refractivity contribution in [1.29, 1.82) is 0 Å². The molecule has 0 bridgehead atoms. The molecular weight excluding hydrogens is 274 g/mol. The Hall–Kier alpha value is -0.650. The van der Waals surface area contributed by atoms with Crippen molar-refractivity contribution in [3.05, 3.63) is 34.9 Å². The zero-order valence-electron chi connectivity index (χ0n) is 11.7. The van der Waals surface area contributed by atoms with Gasteiger partial charge in [-0.25, -0.2) is 0 Å². The van der Waals surface area contributed by atoms with Gasteiger partial charge >= 0.3 is 0 Å². The predicted octanol–water partition coefficient (Wildman–Crippen LogP) is 1.18. The summed E-state index contributed by atoms with van der Waals surface area (Å²) in [5.74, 6) is 0. The van der Waals surface area contributed by atoms with Crippen LogP contribution in [-0.4, -0.2) is 61.3 Å². The molecule has 2 atom stereocenters. The fourth-order valence-electron chi connectivity index (χ4n) is 3.04. The Morgan fingerprint density at radius 2 is 1.80 bits per heavy atom. The van der Waals surface area contributed by atoms with Crippen LogP contribution < -0.4 is 5.73 Å². The summed E-state index contributed by atoms with van der Waals surface area (Å²) in [5, 5.41) is 0.800. The van der Waals surface area contributed by atoms with Crippen LogP contribution in [0.1, 0.15) is 5.56 Å². The highest BCUT2D eigenvalue weighted by atomic mass is 35.5. The van der Waals surface area contributed by atoms with E-state index in [9.17, 15) is 0 Å². The zero-order chi connectivity index (χ0) is 13.9. The van der Waals surface area contributed by atoms with Crippen LogP contribution in [0.15, 0.2) is 24.3 Å². The van der Waals surface area contributed by atoms with Gasteiger partial charge in [-0.2, -0.15) is 0 Å². The van der Waals surface area contributed by atoms with E-state index < -0.39 is 0 Å². The molecule has 0 aromatic heterocycles. The van der Waals surface area contributed by atoms with Gasteiger partial charge < -0.3 is 10.5 Å². The molecule has 0 aliphatic carbocycles. The van der Waals surface area contributed by atoms with Crippen LogP contribution in [0.3, 0.4) is 0 Å². The van der Waals surface area contributed by atoms with Gasteiger partial charge in [-0.05, 0) is 17.7 Å². The number of ether oxygens (including phenoxy) is 1. The van der Waals surface area contributed by atoms with Gasteiger partial charge in [0, 0.05) is 43.8 Å². The Bertz CT molecular complexity index is 431. The first-order chi connectivity index (χ1) is 9.72. The average Bonchev–Trinajstić information content (AvgIpc) is 2.89. The first kappa shape index (κ1) is 14.3. The van der Waals surface area contributed by atoms with Crippen molar-refractivity contribution in [3.8, 4) is 0 Å². The molecule has 2 fully saturated rings. The zero-order valence-corrected chi connectivity index (χ0v) is 12.4. The molecule has 1 aromatic rings. The van der Waals surface area contributed by atoms with E-state index in [0.717, 1.165) is 44.4 Å². The maximum absolute atomic E-state index is 6.09. The van der Waals surface area contributed by atoms with E-state index in [0.29, 0.717) is 12.6 Å². The minimum absolute atomic E-state index is 0.179. The quantitative estimate of drug-likeness (QED) is 0.909. The minimum atomic E-state index is 0.179. The first-order valence-corrected chi connectivity index (χ1v) is 7.64. The fraction of sp³-hybridized carbons (Fsp3) is 0.600. The molecule has 0 saturated carbocycles. The van der Waals surface area contributed by atoms with Crippen molar-refractivity contribution < 1.29 is 4.74 Å². The van der Waals surface area contributed by atoms with E-state index in [2.05, 4.69) is 21.9 Å². The maximum Gasteiger partial charge on any atom is 0.0638 e. The van der Waals surface area contributed by atoms with E-state index in [1.54, 1.807) is 0 Å². The van der Waals surface area contributed by atoms with E-state index in [1.165, 1.54) is 5.56 Å². The molecule has 1 aromatic carbocycles. The average molecular weight is 296 g/mol. The second-order valence-electron chi connectivity index (χ2n) is 5.71. The largest absolute Gasteiger partial charge is 0.378 e. The van der Waals surface area contributed by atoms with E-state index in [4.69, 9.17) is 22.1 Å². The van der Waals surface area contributed by atoms with Crippen LogP contribution in [0, 0.1) is 0 Å². The molecule has 5 heteroatoms. The smallest absolute Gasteiger partial charge is 0.0638 e. The van der Waals surface area contributed by atoms with Crippen molar-refractivity contribution in [2.75, 3.05) is 39.4 Å². The number of benzene rings is 1.